The largest absolute Gasteiger partial charge is 0.431 e. The fourth-order valence-corrected chi connectivity index (χ4v) is 6.99. The first kappa shape index (κ1) is 22.1. The average molecular weight is 492 g/mol. The molecule has 0 amide bonds. The van der Waals surface area contributed by atoms with Crippen molar-refractivity contribution < 1.29 is 13.2 Å². The van der Waals surface area contributed by atoms with Gasteiger partial charge in [0.25, 0.3) is 5.19 Å². The van der Waals surface area contributed by atoms with E-state index in [1.807, 2.05) is 30.3 Å². The van der Waals surface area contributed by atoms with Gasteiger partial charge in [-0.3, -0.25) is 4.90 Å². The SMILES string of the molecule is CS(=O)(=O)N[C@@H]1C[C@H]2CC[C@@H](C1)N2CCc1ccc(Oc2nc3c(Cl)cccc3s2)cc1. The molecule has 6 nitrogen and oxygen atoms in total. The summed E-state index contributed by atoms with van der Waals surface area (Å²) >= 11 is 7.69. The number of para-hydroxylation sites is 1. The summed E-state index contributed by atoms with van der Waals surface area (Å²) in [4.78, 5) is 7.07. The Morgan fingerprint density at radius 3 is 2.53 bits per heavy atom. The van der Waals surface area contributed by atoms with Crippen LogP contribution < -0.4 is 9.46 Å². The van der Waals surface area contributed by atoms with Crippen LogP contribution in [0.15, 0.2) is 42.5 Å². The van der Waals surface area contributed by atoms with Gasteiger partial charge in [-0.2, -0.15) is 0 Å². The summed E-state index contributed by atoms with van der Waals surface area (Å²) in [6.07, 6.45) is 6.34. The van der Waals surface area contributed by atoms with Gasteiger partial charge in [0, 0.05) is 24.7 Å². The summed E-state index contributed by atoms with van der Waals surface area (Å²) in [7, 11) is -3.14. The van der Waals surface area contributed by atoms with Crippen molar-refractivity contribution in [1.82, 2.24) is 14.6 Å². The van der Waals surface area contributed by atoms with Crippen molar-refractivity contribution in [1.29, 1.82) is 0 Å². The Hall–Kier alpha value is -1.71. The van der Waals surface area contributed by atoms with Gasteiger partial charge in [-0.25, -0.2) is 18.1 Å². The maximum Gasteiger partial charge on any atom is 0.279 e. The molecule has 9 heteroatoms. The topological polar surface area (TPSA) is 71.5 Å². The van der Waals surface area contributed by atoms with E-state index in [4.69, 9.17) is 16.3 Å². The number of ether oxygens (including phenoxy) is 1. The van der Waals surface area contributed by atoms with Gasteiger partial charge >= 0.3 is 0 Å². The zero-order valence-corrected chi connectivity index (χ0v) is 20.2. The molecule has 1 N–H and O–H groups in total. The van der Waals surface area contributed by atoms with E-state index in [0.29, 0.717) is 22.3 Å². The molecule has 0 aliphatic carbocycles. The minimum atomic E-state index is -3.14. The van der Waals surface area contributed by atoms with Gasteiger partial charge in [0.2, 0.25) is 10.0 Å². The molecule has 0 unspecified atom stereocenters. The molecule has 2 fully saturated rings. The normalized spacial score (nSPS) is 23.6. The molecule has 1 aromatic heterocycles. The third-order valence-electron chi connectivity index (χ3n) is 6.40. The van der Waals surface area contributed by atoms with E-state index >= 15 is 0 Å². The highest BCUT2D eigenvalue weighted by atomic mass is 35.5. The van der Waals surface area contributed by atoms with Crippen LogP contribution in [0.3, 0.4) is 0 Å². The van der Waals surface area contributed by atoms with E-state index in [9.17, 15) is 8.42 Å². The summed E-state index contributed by atoms with van der Waals surface area (Å²) in [5.74, 6) is 0.761. The smallest absolute Gasteiger partial charge is 0.279 e. The molecule has 0 radical (unpaired) electrons. The second-order valence-electron chi connectivity index (χ2n) is 8.74. The fraction of sp³-hybridized carbons (Fsp3) is 0.435. The Bertz CT molecular complexity index is 1200. The number of sulfonamides is 1. The number of nitrogens with one attached hydrogen (secondary N) is 1. The van der Waals surface area contributed by atoms with Crippen LogP contribution in [0.25, 0.3) is 10.2 Å². The molecule has 0 spiro atoms. The van der Waals surface area contributed by atoms with Crippen LogP contribution in [0.2, 0.25) is 5.02 Å². The molecule has 170 valence electrons. The van der Waals surface area contributed by atoms with Crippen LogP contribution >= 0.6 is 22.9 Å². The second-order valence-corrected chi connectivity index (χ2v) is 11.9. The Labute approximate surface area is 197 Å². The van der Waals surface area contributed by atoms with E-state index in [1.54, 1.807) is 0 Å². The number of hydrogen-bond donors (Lipinski definition) is 1. The Kier molecular flexibility index (Phi) is 6.15. The molecule has 2 aromatic carbocycles. The molecule has 2 aliphatic heterocycles. The van der Waals surface area contributed by atoms with Crippen LogP contribution in [0.1, 0.15) is 31.2 Å². The first-order chi connectivity index (χ1) is 15.3. The predicted molar refractivity (Wildman–Crippen MR) is 129 cm³/mol. The minimum Gasteiger partial charge on any atom is -0.431 e. The lowest BCUT2D eigenvalue weighted by Crippen LogP contribution is -2.50. The van der Waals surface area contributed by atoms with E-state index in [0.717, 1.165) is 54.6 Å². The highest BCUT2D eigenvalue weighted by molar-refractivity contribution is 7.88. The summed E-state index contributed by atoms with van der Waals surface area (Å²) in [6.45, 7) is 0.998. The molecular formula is C23H26ClN3O3S2. The third kappa shape index (κ3) is 4.94. The van der Waals surface area contributed by atoms with Gasteiger partial charge in [-0.1, -0.05) is 41.1 Å². The second kappa shape index (κ2) is 8.91. The summed E-state index contributed by atoms with van der Waals surface area (Å²) < 4.78 is 32.9. The standard InChI is InChI=1S/C23H26ClN3O3S2/c1-32(28,29)26-16-13-17-7-8-18(14-16)27(17)12-11-15-5-9-19(10-6-15)30-23-25-22-20(24)3-2-4-21(22)31-23/h2-6,9-10,16-18,26H,7-8,11-14H2,1H3/t16-,17-,18+. The van der Waals surface area contributed by atoms with Crippen molar-refractivity contribution in [2.75, 3.05) is 12.8 Å². The van der Waals surface area contributed by atoms with Crippen molar-refractivity contribution in [3.05, 3.63) is 53.1 Å². The highest BCUT2D eigenvalue weighted by Crippen LogP contribution is 2.37. The van der Waals surface area contributed by atoms with Crippen LogP contribution in [0.4, 0.5) is 0 Å². The quantitative estimate of drug-likeness (QED) is 0.512. The molecular weight excluding hydrogens is 466 g/mol. The lowest BCUT2D eigenvalue weighted by Gasteiger charge is -2.39. The number of piperidine rings is 1. The lowest BCUT2D eigenvalue weighted by molar-refractivity contribution is 0.125. The molecule has 3 heterocycles. The first-order valence-corrected chi connectivity index (χ1v) is 14.0. The van der Waals surface area contributed by atoms with Gasteiger partial charge in [-0.15, -0.1) is 0 Å². The van der Waals surface area contributed by atoms with Crippen molar-refractivity contribution in [2.45, 2.75) is 50.2 Å². The molecule has 5 rings (SSSR count). The number of benzene rings is 2. The van der Waals surface area contributed by atoms with Gasteiger partial charge in [-0.05, 0) is 61.9 Å². The van der Waals surface area contributed by atoms with Gasteiger partial charge in [0.1, 0.15) is 11.3 Å². The molecule has 0 saturated carbocycles. The van der Waals surface area contributed by atoms with Crippen LogP contribution in [-0.4, -0.2) is 49.2 Å². The summed E-state index contributed by atoms with van der Waals surface area (Å²) in [5, 5.41) is 1.22. The number of halogens is 1. The molecule has 3 atom stereocenters. The Morgan fingerprint density at radius 2 is 1.88 bits per heavy atom. The number of rotatable bonds is 7. The number of nitrogens with zero attached hydrogens (tertiary/aromatic N) is 2. The van der Waals surface area contributed by atoms with Gasteiger partial charge in [0.15, 0.2) is 0 Å². The molecule has 2 aliphatic rings. The maximum atomic E-state index is 11.6. The summed E-state index contributed by atoms with van der Waals surface area (Å²) in [6, 6.07) is 14.9. The predicted octanol–water partition coefficient (Wildman–Crippen LogP) is 4.83. The number of thiazole rings is 1. The average Bonchev–Trinajstić information content (AvgIpc) is 3.25. The first-order valence-electron chi connectivity index (χ1n) is 10.9. The molecule has 2 saturated heterocycles. The summed E-state index contributed by atoms with van der Waals surface area (Å²) in [5.41, 5.74) is 2.04. The maximum absolute atomic E-state index is 11.6. The molecule has 2 bridgehead atoms. The van der Waals surface area contributed by atoms with Crippen molar-refractivity contribution >= 4 is 43.2 Å². The molecule has 32 heavy (non-hydrogen) atoms. The van der Waals surface area contributed by atoms with Crippen LogP contribution in [0.5, 0.6) is 10.9 Å². The van der Waals surface area contributed by atoms with Crippen LogP contribution in [-0.2, 0) is 16.4 Å². The number of fused-ring (bicyclic) bond motifs is 3. The highest BCUT2D eigenvalue weighted by Gasteiger charge is 2.40. The van der Waals surface area contributed by atoms with E-state index < -0.39 is 10.0 Å². The zero-order chi connectivity index (χ0) is 22.3. The van der Waals surface area contributed by atoms with Crippen molar-refractivity contribution in [2.24, 2.45) is 0 Å². The van der Waals surface area contributed by atoms with Crippen molar-refractivity contribution in [3.63, 3.8) is 0 Å². The third-order valence-corrected chi connectivity index (χ3v) is 8.37. The zero-order valence-electron chi connectivity index (χ0n) is 17.8. The van der Waals surface area contributed by atoms with Crippen molar-refractivity contribution in [3.8, 4) is 10.9 Å². The van der Waals surface area contributed by atoms with E-state index in [-0.39, 0.29) is 6.04 Å². The minimum absolute atomic E-state index is 0.0765. The lowest BCUT2D eigenvalue weighted by atomic mass is 9.97. The molecule has 3 aromatic rings. The fourth-order valence-electron chi connectivity index (χ4n) is 5.06. The monoisotopic (exact) mass is 491 g/mol. The number of hydrogen-bond acceptors (Lipinski definition) is 6. The Balaban J connectivity index is 1.17. The number of aromatic nitrogens is 1. The van der Waals surface area contributed by atoms with Gasteiger partial charge < -0.3 is 4.74 Å². The Morgan fingerprint density at radius 1 is 1.16 bits per heavy atom. The van der Waals surface area contributed by atoms with E-state index in [2.05, 4.69) is 26.7 Å². The van der Waals surface area contributed by atoms with Crippen LogP contribution in [0, 0.1) is 0 Å². The van der Waals surface area contributed by atoms with Gasteiger partial charge in [0.05, 0.1) is 16.0 Å². The van der Waals surface area contributed by atoms with E-state index in [1.165, 1.54) is 23.2 Å².